The van der Waals surface area contributed by atoms with Crippen LogP contribution < -0.4 is 14.4 Å². The maximum Gasteiger partial charge on any atom is 0.264 e. The van der Waals surface area contributed by atoms with E-state index in [0.29, 0.717) is 22.5 Å². The van der Waals surface area contributed by atoms with E-state index < -0.39 is 28.5 Å². The van der Waals surface area contributed by atoms with Crippen molar-refractivity contribution >= 4 is 59.4 Å². The summed E-state index contributed by atoms with van der Waals surface area (Å²) in [6.45, 7) is 7.57. The fourth-order valence-corrected chi connectivity index (χ4v) is 6.62. The monoisotopic (exact) mass is 707 g/mol. The number of benzene rings is 3. The number of ether oxygens (including phenoxy) is 1. The fraction of sp³-hybridized carbons (Fsp3) is 0.333. The molecule has 1 atom stereocenters. The van der Waals surface area contributed by atoms with E-state index in [1.807, 2.05) is 45.0 Å². The molecule has 3 aromatic carbocycles. The molecule has 0 aliphatic carbocycles. The Morgan fingerprint density at radius 1 is 0.976 bits per heavy atom. The van der Waals surface area contributed by atoms with Gasteiger partial charge in [-0.25, -0.2) is 8.42 Å². The maximum atomic E-state index is 14.0. The summed E-state index contributed by atoms with van der Waals surface area (Å²) in [5.74, 6) is -0.130. The summed E-state index contributed by atoms with van der Waals surface area (Å²) in [5, 5.41) is 2.89. The van der Waals surface area contributed by atoms with Crippen LogP contribution >= 0.6 is 31.9 Å². The van der Waals surface area contributed by atoms with E-state index in [4.69, 9.17) is 4.74 Å². The van der Waals surface area contributed by atoms with E-state index >= 15 is 0 Å². The van der Waals surface area contributed by atoms with Crippen LogP contribution in [0, 0.1) is 12.8 Å². The van der Waals surface area contributed by atoms with Crippen LogP contribution in [-0.4, -0.2) is 51.4 Å². The number of halogens is 2. The standard InChI is InChI=1S/C30H35Br2N3O5S/c1-20(2)17-33-30(37)22(4)34(18-23-7-6-8-24(31)15-23)29(36)19-35(25-11-9-21(3)10-12-25)41(38,39)26-13-14-28(40-5)27(32)16-26/h6-16,20,22H,17-19H2,1-5H3,(H,33,37)/t22-/m1/s1. The SMILES string of the molecule is COc1ccc(S(=O)(=O)N(CC(=O)N(Cc2cccc(Br)c2)[C@H](C)C(=O)NCC(C)C)c2ccc(C)cc2)cc1Br. The molecule has 41 heavy (non-hydrogen) atoms. The molecule has 0 unspecified atom stereocenters. The van der Waals surface area contributed by atoms with Crippen LogP contribution in [0.5, 0.6) is 5.75 Å². The number of aryl methyl sites for hydroxylation is 1. The number of rotatable bonds is 12. The number of sulfonamides is 1. The third-order valence-electron chi connectivity index (χ3n) is 6.41. The number of nitrogens with one attached hydrogen (secondary N) is 1. The van der Waals surface area contributed by atoms with E-state index in [-0.39, 0.29) is 23.3 Å². The zero-order valence-corrected chi connectivity index (χ0v) is 27.7. The highest BCUT2D eigenvalue weighted by atomic mass is 79.9. The Kier molecular flexibility index (Phi) is 11.4. The molecule has 220 valence electrons. The molecule has 0 radical (unpaired) electrons. The molecule has 0 aromatic heterocycles. The van der Waals surface area contributed by atoms with Crippen LogP contribution in [0.1, 0.15) is 31.9 Å². The van der Waals surface area contributed by atoms with Gasteiger partial charge in [0.1, 0.15) is 18.3 Å². The van der Waals surface area contributed by atoms with Crippen molar-refractivity contribution in [1.82, 2.24) is 10.2 Å². The number of carbonyl (C=O) groups is 2. The molecule has 1 N–H and O–H groups in total. The van der Waals surface area contributed by atoms with E-state index in [0.717, 1.165) is 19.9 Å². The first-order valence-electron chi connectivity index (χ1n) is 13.1. The van der Waals surface area contributed by atoms with Gasteiger partial charge in [0.05, 0.1) is 22.2 Å². The second kappa shape index (κ2) is 14.3. The lowest BCUT2D eigenvalue weighted by Crippen LogP contribution is -2.51. The first-order valence-corrected chi connectivity index (χ1v) is 16.1. The highest BCUT2D eigenvalue weighted by molar-refractivity contribution is 9.10. The predicted octanol–water partition coefficient (Wildman–Crippen LogP) is 5.91. The third-order valence-corrected chi connectivity index (χ3v) is 9.29. The number of hydrogen-bond acceptors (Lipinski definition) is 5. The average molecular weight is 710 g/mol. The Bertz CT molecular complexity index is 1480. The average Bonchev–Trinajstić information content (AvgIpc) is 2.93. The van der Waals surface area contributed by atoms with Crippen molar-refractivity contribution in [2.75, 3.05) is 24.5 Å². The minimum Gasteiger partial charge on any atom is -0.496 e. The van der Waals surface area contributed by atoms with E-state index in [2.05, 4.69) is 37.2 Å². The van der Waals surface area contributed by atoms with Crippen LogP contribution in [0.2, 0.25) is 0 Å². The number of hydrogen-bond donors (Lipinski definition) is 1. The molecule has 0 saturated carbocycles. The summed E-state index contributed by atoms with van der Waals surface area (Å²) in [6, 6.07) is 17.9. The molecule has 3 rings (SSSR count). The maximum absolute atomic E-state index is 14.0. The van der Waals surface area contributed by atoms with Crippen LogP contribution in [0.4, 0.5) is 5.69 Å². The smallest absolute Gasteiger partial charge is 0.264 e. The normalized spacial score (nSPS) is 12.1. The predicted molar refractivity (Wildman–Crippen MR) is 168 cm³/mol. The summed E-state index contributed by atoms with van der Waals surface area (Å²) < 4.78 is 35.7. The molecule has 0 bridgehead atoms. The summed E-state index contributed by atoms with van der Waals surface area (Å²) in [6.07, 6.45) is 0. The topological polar surface area (TPSA) is 96.0 Å². The van der Waals surface area contributed by atoms with Crippen molar-refractivity contribution in [3.05, 3.63) is 86.8 Å². The van der Waals surface area contributed by atoms with E-state index in [1.54, 1.807) is 37.3 Å². The molecule has 0 aliphatic rings. The molecule has 0 heterocycles. The number of carbonyl (C=O) groups excluding carboxylic acids is 2. The molecule has 2 amide bonds. The van der Waals surface area contributed by atoms with E-state index in [1.165, 1.54) is 24.1 Å². The van der Waals surface area contributed by atoms with Crippen molar-refractivity contribution in [3.63, 3.8) is 0 Å². The molecular formula is C30H35Br2N3O5S. The second-order valence-electron chi connectivity index (χ2n) is 10.1. The molecule has 0 fully saturated rings. The lowest BCUT2D eigenvalue weighted by atomic mass is 10.1. The summed E-state index contributed by atoms with van der Waals surface area (Å²) >= 11 is 6.82. The van der Waals surface area contributed by atoms with Crippen LogP contribution in [-0.2, 0) is 26.2 Å². The van der Waals surface area contributed by atoms with Gasteiger partial charge in [-0.2, -0.15) is 0 Å². The van der Waals surface area contributed by atoms with Gasteiger partial charge in [0.25, 0.3) is 10.0 Å². The van der Waals surface area contributed by atoms with Crippen molar-refractivity contribution in [2.24, 2.45) is 5.92 Å². The van der Waals surface area contributed by atoms with Crippen molar-refractivity contribution in [2.45, 2.75) is 45.2 Å². The molecule has 0 aliphatic heterocycles. The quantitative estimate of drug-likeness (QED) is 0.252. The van der Waals surface area contributed by atoms with Crippen LogP contribution in [0.25, 0.3) is 0 Å². The zero-order chi connectivity index (χ0) is 30.3. The molecule has 3 aromatic rings. The number of anilines is 1. The molecular weight excluding hydrogens is 674 g/mol. The van der Waals surface area contributed by atoms with Gasteiger partial charge in [-0.3, -0.25) is 13.9 Å². The molecule has 0 spiro atoms. The zero-order valence-electron chi connectivity index (χ0n) is 23.7. The van der Waals surface area contributed by atoms with Gasteiger partial charge in [-0.15, -0.1) is 0 Å². The Labute approximate surface area is 259 Å². The lowest BCUT2D eigenvalue weighted by molar-refractivity contribution is -0.139. The Morgan fingerprint density at radius 2 is 1.66 bits per heavy atom. The number of amides is 2. The summed E-state index contributed by atoms with van der Waals surface area (Å²) in [5.41, 5.74) is 2.06. The largest absolute Gasteiger partial charge is 0.496 e. The highest BCUT2D eigenvalue weighted by Crippen LogP contribution is 2.31. The van der Waals surface area contributed by atoms with Gasteiger partial charge in [0.2, 0.25) is 11.8 Å². The van der Waals surface area contributed by atoms with Crippen LogP contribution in [0.15, 0.2) is 80.6 Å². The highest BCUT2D eigenvalue weighted by Gasteiger charge is 2.33. The van der Waals surface area contributed by atoms with Crippen LogP contribution in [0.3, 0.4) is 0 Å². The van der Waals surface area contributed by atoms with Crippen molar-refractivity contribution in [3.8, 4) is 5.75 Å². The van der Waals surface area contributed by atoms with Gasteiger partial charge in [-0.1, -0.05) is 59.6 Å². The Morgan fingerprint density at radius 3 is 2.24 bits per heavy atom. The van der Waals surface area contributed by atoms with E-state index in [9.17, 15) is 18.0 Å². The van der Waals surface area contributed by atoms with Gasteiger partial charge >= 0.3 is 0 Å². The third kappa shape index (κ3) is 8.56. The Balaban J connectivity index is 2.04. The molecule has 8 nitrogen and oxygen atoms in total. The Hall–Kier alpha value is -2.89. The second-order valence-corrected chi connectivity index (χ2v) is 13.7. The van der Waals surface area contributed by atoms with Crippen molar-refractivity contribution in [1.29, 1.82) is 0 Å². The fourth-order valence-electron chi connectivity index (χ4n) is 4.04. The van der Waals surface area contributed by atoms with Crippen molar-refractivity contribution < 1.29 is 22.7 Å². The number of nitrogens with zero attached hydrogens (tertiary/aromatic N) is 2. The lowest BCUT2D eigenvalue weighted by Gasteiger charge is -2.32. The minimum absolute atomic E-state index is 0.0141. The first kappa shape index (κ1) is 32.6. The van der Waals surface area contributed by atoms with Gasteiger partial charge in [0, 0.05) is 17.6 Å². The molecule has 0 saturated heterocycles. The summed E-state index contributed by atoms with van der Waals surface area (Å²) in [7, 11) is -2.71. The number of methoxy groups -OCH3 is 1. The van der Waals surface area contributed by atoms with Gasteiger partial charge < -0.3 is 15.0 Å². The molecule has 11 heteroatoms. The van der Waals surface area contributed by atoms with Gasteiger partial charge in [0.15, 0.2) is 0 Å². The minimum atomic E-state index is -4.20. The first-order chi connectivity index (χ1) is 19.3. The van der Waals surface area contributed by atoms with Gasteiger partial charge in [-0.05, 0) is 83.7 Å². The summed E-state index contributed by atoms with van der Waals surface area (Å²) in [4.78, 5) is 28.5.